The molecule has 1 saturated heterocycles. The van der Waals surface area contributed by atoms with E-state index in [1.54, 1.807) is 31.3 Å². The van der Waals surface area contributed by atoms with Crippen molar-refractivity contribution in [2.75, 3.05) is 25.7 Å². The second-order valence-electron chi connectivity index (χ2n) is 6.50. The molecule has 1 aliphatic heterocycles. The first kappa shape index (κ1) is 18.8. The molecule has 142 valence electrons. The fraction of sp³-hybridized carbons (Fsp3) is 0.333. The molecule has 1 atom stereocenters. The van der Waals surface area contributed by atoms with E-state index in [2.05, 4.69) is 5.32 Å². The van der Waals surface area contributed by atoms with Crippen LogP contribution in [0.25, 0.3) is 0 Å². The van der Waals surface area contributed by atoms with Crippen molar-refractivity contribution in [3.05, 3.63) is 53.6 Å². The van der Waals surface area contributed by atoms with Crippen molar-refractivity contribution >= 4 is 17.5 Å². The number of nitrogens with one attached hydrogen (secondary N) is 1. The Morgan fingerprint density at radius 3 is 2.44 bits per heavy atom. The maximum Gasteiger partial charge on any atom is 0.251 e. The van der Waals surface area contributed by atoms with Gasteiger partial charge in [-0.2, -0.15) is 0 Å². The predicted molar refractivity (Wildman–Crippen MR) is 103 cm³/mol. The molecule has 0 aliphatic carbocycles. The first-order chi connectivity index (χ1) is 13.0. The van der Waals surface area contributed by atoms with Crippen molar-refractivity contribution in [3.8, 4) is 11.5 Å². The number of hydrogen-bond acceptors (Lipinski definition) is 4. The van der Waals surface area contributed by atoms with Crippen LogP contribution in [0.3, 0.4) is 0 Å². The normalized spacial score (nSPS) is 14.8. The first-order valence-corrected chi connectivity index (χ1v) is 8.96. The molecule has 6 nitrogen and oxygen atoms in total. The number of nitrogens with zero attached hydrogens (tertiary/aromatic N) is 1. The minimum absolute atomic E-state index is 0.131. The Balaban J connectivity index is 1.72. The highest BCUT2D eigenvalue weighted by molar-refractivity contribution is 5.97. The van der Waals surface area contributed by atoms with Crippen LogP contribution < -0.4 is 19.7 Å². The molecule has 1 aliphatic rings. The Morgan fingerprint density at radius 2 is 1.85 bits per heavy atom. The molecule has 0 saturated carbocycles. The van der Waals surface area contributed by atoms with Gasteiger partial charge in [-0.3, -0.25) is 9.59 Å². The summed E-state index contributed by atoms with van der Waals surface area (Å²) >= 11 is 0. The van der Waals surface area contributed by atoms with E-state index in [1.165, 1.54) is 0 Å². The van der Waals surface area contributed by atoms with Gasteiger partial charge in [0.2, 0.25) is 5.91 Å². The molecular formula is C21H24N2O4. The summed E-state index contributed by atoms with van der Waals surface area (Å²) < 4.78 is 10.7. The van der Waals surface area contributed by atoms with E-state index < -0.39 is 0 Å². The zero-order valence-corrected chi connectivity index (χ0v) is 15.8. The molecule has 6 heteroatoms. The van der Waals surface area contributed by atoms with Crippen molar-refractivity contribution in [2.45, 2.75) is 25.8 Å². The highest BCUT2D eigenvalue weighted by Gasteiger charge is 2.22. The van der Waals surface area contributed by atoms with Crippen molar-refractivity contribution in [1.82, 2.24) is 5.32 Å². The second kappa shape index (κ2) is 8.12. The van der Waals surface area contributed by atoms with E-state index in [0.29, 0.717) is 23.5 Å². The van der Waals surface area contributed by atoms with Gasteiger partial charge in [-0.25, -0.2) is 0 Å². The van der Waals surface area contributed by atoms with Crippen LogP contribution in [-0.2, 0) is 4.79 Å². The number of rotatable bonds is 6. The molecule has 3 rings (SSSR count). The molecular weight excluding hydrogens is 344 g/mol. The molecule has 1 N–H and O–H groups in total. The van der Waals surface area contributed by atoms with Gasteiger partial charge in [-0.15, -0.1) is 0 Å². The van der Waals surface area contributed by atoms with Crippen molar-refractivity contribution in [2.24, 2.45) is 0 Å². The molecule has 1 heterocycles. The third-order valence-corrected chi connectivity index (χ3v) is 4.77. The van der Waals surface area contributed by atoms with Crippen LogP contribution in [0.5, 0.6) is 11.5 Å². The van der Waals surface area contributed by atoms with Gasteiger partial charge in [-0.05, 0) is 55.8 Å². The van der Waals surface area contributed by atoms with Crippen LogP contribution in [0.15, 0.2) is 42.5 Å². The first-order valence-electron chi connectivity index (χ1n) is 8.96. The minimum Gasteiger partial charge on any atom is -0.497 e. The van der Waals surface area contributed by atoms with Crippen LogP contribution in [0.2, 0.25) is 0 Å². The lowest BCUT2D eigenvalue weighted by atomic mass is 10.1. The molecule has 2 aromatic rings. The smallest absolute Gasteiger partial charge is 0.251 e. The summed E-state index contributed by atoms with van der Waals surface area (Å²) in [5.41, 5.74) is 2.21. The quantitative estimate of drug-likeness (QED) is 0.849. The topological polar surface area (TPSA) is 67.9 Å². The average Bonchev–Trinajstić information content (AvgIpc) is 3.13. The van der Waals surface area contributed by atoms with E-state index in [1.807, 2.05) is 37.3 Å². The van der Waals surface area contributed by atoms with E-state index in [9.17, 15) is 9.59 Å². The predicted octanol–water partition coefficient (Wildman–Crippen LogP) is 3.32. The van der Waals surface area contributed by atoms with Crippen LogP contribution in [0.1, 0.15) is 41.7 Å². The number of carbonyl (C=O) groups is 2. The molecule has 1 unspecified atom stereocenters. The number of hydrogen-bond donors (Lipinski definition) is 1. The summed E-state index contributed by atoms with van der Waals surface area (Å²) in [4.78, 5) is 26.2. The number of benzene rings is 2. The standard InChI is InChI=1S/C21H24N2O4/c1-14(18-13-17(26-2)10-11-19(18)27-3)22-21(25)15-6-8-16(9-7-15)23-12-4-5-20(23)24/h6-11,13-14H,4-5,12H2,1-3H3,(H,22,25). The minimum atomic E-state index is -0.262. The Morgan fingerprint density at radius 1 is 1.11 bits per heavy atom. The summed E-state index contributed by atoms with van der Waals surface area (Å²) in [5.74, 6) is 1.33. The Labute approximate surface area is 159 Å². The lowest BCUT2D eigenvalue weighted by molar-refractivity contribution is -0.117. The fourth-order valence-electron chi connectivity index (χ4n) is 3.25. The summed E-state index contributed by atoms with van der Waals surface area (Å²) in [7, 11) is 3.19. The third-order valence-electron chi connectivity index (χ3n) is 4.77. The lowest BCUT2D eigenvalue weighted by Crippen LogP contribution is -2.27. The van der Waals surface area contributed by atoms with Crippen LogP contribution in [0, 0.1) is 0 Å². The molecule has 0 aromatic heterocycles. The zero-order valence-electron chi connectivity index (χ0n) is 15.8. The summed E-state index contributed by atoms with van der Waals surface area (Å²) in [6, 6.07) is 12.3. The molecule has 2 aromatic carbocycles. The third kappa shape index (κ3) is 4.05. The summed E-state index contributed by atoms with van der Waals surface area (Å²) in [5, 5.41) is 2.98. The van der Waals surface area contributed by atoms with Gasteiger partial charge in [0.1, 0.15) is 11.5 Å². The molecule has 2 amide bonds. The summed E-state index contributed by atoms with van der Waals surface area (Å²) in [6.07, 6.45) is 1.46. The molecule has 1 fully saturated rings. The van der Waals surface area contributed by atoms with Gasteiger partial charge in [0, 0.05) is 29.8 Å². The van der Waals surface area contributed by atoms with E-state index in [-0.39, 0.29) is 17.9 Å². The Hall–Kier alpha value is -3.02. The van der Waals surface area contributed by atoms with Gasteiger partial charge >= 0.3 is 0 Å². The molecule has 0 bridgehead atoms. The Bertz CT molecular complexity index is 833. The average molecular weight is 368 g/mol. The highest BCUT2D eigenvalue weighted by atomic mass is 16.5. The fourth-order valence-corrected chi connectivity index (χ4v) is 3.25. The van der Waals surface area contributed by atoms with Crippen molar-refractivity contribution < 1.29 is 19.1 Å². The van der Waals surface area contributed by atoms with Crippen LogP contribution >= 0.6 is 0 Å². The number of anilines is 1. The highest BCUT2D eigenvalue weighted by Crippen LogP contribution is 2.29. The lowest BCUT2D eigenvalue weighted by Gasteiger charge is -2.19. The molecule has 0 radical (unpaired) electrons. The van der Waals surface area contributed by atoms with Gasteiger partial charge in [0.05, 0.1) is 20.3 Å². The Kier molecular flexibility index (Phi) is 5.64. The monoisotopic (exact) mass is 368 g/mol. The van der Waals surface area contributed by atoms with E-state index >= 15 is 0 Å². The van der Waals surface area contributed by atoms with Crippen molar-refractivity contribution in [3.63, 3.8) is 0 Å². The summed E-state index contributed by atoms with van der Waals surface area (Å²) in [6.45, 7) is 2.63. The van der Waals surface area contributed by atoms with Gasteiger partial charge in [0.25, 0.3) is 5.91 Å². The number of ether oxygens (including phenoxy) is 2. The SMILES string of the molecule is COc1ccc(OC)c(C(C)NC(=O)c2ccc(N3CCCC3=O)cc2)c1. The number of carbonyl (C=O) groups excluding carboxylic acids is 2. The number of methoxy groups -OCH3 is 2. The van der Waals surface area contributed by atoms with E-state index in [0.717, 1.165) is 24.2 Å². The molecule has 0 spiro atoms. The second-order valence-corrected chi connectivity index (χ2v) is 6.50. The van der Waals surface area contributed by atoms with Crippen LogP contribution in [0.4, 0.5) is 5.69 Å². The number of amides is 2. The maximum absolute atomic E-state index is 12.6. The van der Waals surface area contributed by atoms with E-state index in [4.69, 9.17) is 9.47 Å². The largest absolute Gasteiger partial charge is 0.497 e. The van der Waals surface area contributed by atoms with Crippen molar-refractivity contribution in [1.29, 1.82) is 0 Å². The van der Waals surface area contributed by atoms with Gasteiger partial charge in [0.15, 0.2) is 0 Å². The maximum atomic E-state index is 12.6. The van der Waals surface area contributed by atoms with Crippen LogP contribution in [-0.4, -0.2) is 32.6 Å². The zero-order chi connectivity index (χ0) is 19.4. The molecule has 27 heavy (non-hydrogen) atoms. The van der Waals surface area contributed by atoms with Gasteiger partial charge in [-0.1, -0.05) is 0 Å². The van der Waals surface area contributed by atoms with Gasteiger partial charge < -0.3 is 19.7 Å².